The zero-order valence-electron chi connectivity index (χ0n) is 20.1. The number of amides is 2. The van der Waals surface area contributed by atoms with E-state index < -0.39 is 5.41 Å². The Balaban J connectivity index is 1.38. The lowest BCUT2D eigenvalue weighted by Crippen LogP contribution is -2.54. The fourth-order valence-electron chi connectivity index (χ4n) is 6.55. The Bertz CT molecular complexity index is 1070. The third-order valence-corrected chi connectivity index (χ3v) is 8.48. The molecule has 174 valence electrons. The SMILES string of the molecule is CNC(=O)CC1(C)C(=O)N(C2CCN(C3(C)CCCc4ccccc43)CC2)c2ccccc21. The van der Waals surface area contributed by atoms with Gasteiger partial charge in [-0.05, 0) is 68.7 Å². The number of anilines is 1. The van der Waals surface area contributed by atoms with Crippen molar-refractivity contribution in [3.63, 3.8) is 0 Å². The summed E-state index contributed by atoms with van der Waals surface area (Å²) in [4.78, 5) is 30.7. The second kappa shape index (κ2) is 8.28. The maximum absolute atomic E-state index is 13.8. The minimum absolute atomic E-state index is 0.0694. The first kappa shape index (κ1) is 22.1. The molecule has 1 N–H and O–H groups in total. The van der Waals surface area contributed by atoms with Gasteiger partial charge in [-0.3, -0.25) is 14.5 Å². The second-order valence-corrected chi connectivity index (χ2v) is 10.4. The summed E-state index contributed by atoms with van der Waals surface area (Å²) in [6, 6.07) is 17.1. The van der Waals surface area contributed by atoms with Gasteiger partial charge in [0.05, 0.1) is 5.41 Å². The van der Waals surface area contributed by atoms with Crippen LogP contribution in [-0.4, -0.2) is 42.9 Å². The van der Waals surface area contributed by atoms with E-state index in [-0.39, 0.29) is 29.8 Å². The molecule has 2 amide bonds. The van der Waals surface area contributed by atoms with E-state index in [4.69, 9.17) is 0 Å². The molecule has 2 aromatic carbocycles. The van der Waals surface area contributed by atoms with Crippen molar-refractivity contribution in [3.8, 4) is 0 Å². The summed E-state index contributed by atoms with van der Waals surface area (Å²) in [6.07, 6.45) is 5.67. The lowest BCUT2D eigenvalue weighted by molar-refractivity contribution is -0.129. The van der Waals surface area contributed by atoms with Crippen LogP contribution in [0.25, 0.3) is 0 Å². The van der Waals surface area contributed by atoms with Crippen LogP contribution in [0, 0.1) is 0 Å². The van der Waals surface area contributed by atoms with Gasteiger partial charge in [0.15, 0.2) is 0 Å². The van der Waals surface area contributed by atoms with E-state index in [0.29, 0.717) is 0 Å². The predicted octanol–water partition coefficient (Wildman–Crippen LogP) is 4.14. The highest BCUT2D eigenvalue weighted by atomic mass is 16.2. The Morgan fingerprint density at radius 3 is 2.42 bits per heavy atom. The molecule has 2 atom stereocenters. The molecule has 2 unspecified atom stereocenters. The number of aryl methyl sites for hydroxylation is 1. The van der Waals surface area contributed by atoms with Gasteiger partial charge < -0.3 is 10.2 Å². The van der Waals surface area contributed by atoms with Crippen LogP contribution in [0.5, 0.6) is 0 Å². The predicted molar refractivity (Wildman–Crippen MR) is 131 cm³/mol. The maximum Gasteiger partial charge on any atom is 0.238 e. The molecule has 1 aliphatic carbocycles. The number of nitrogens with one attached hydrogen (secondary N) is 1. The van der Waals surface area contributed by atoms with Crippen molar-refractivity contribution < 1.29 is 9.59 Å². The highest BCUT2D eigenvalue weighted by Gasteiger charge is 2.51. The number of rotatable bonds is 4. The lowest BCUT2D eigenvalue weighted by atomic mass is 9.75. The molecule has 2 heterocycles. The second-order valence-electron chi connectivity index (χ2n) is 10.4. The Morgan fingerprint density at radius 2 is 1.70 bits per heavy atom. The first-order chi connectivity index (χ1) is 15.9. The molecule has 2 aromatic rings. The smallest absolute Gasteiger partial charge is 0.238 e. The van der Waals surface area contributed by atoms with Crippen LogP contribution in [0.4, 0.5) is 5.69 Å². The molecule has 2 aliphatic heterocycles. The summed E-state index contributed by atoms with van der Waals surface area (Å²) in [5.74, 6) is -0.0267. The summed E-state index contributed by atoms with van der Waals surface area (Å²) >= 11 is 0. The van der Waals surface area contributed by atoms with Crippen LogP contribution in [-0.2, 0) is 27.0 Å². The molecule has 0 bridgehead atoms. The molecular weight excluding hydrogens is 410 g/mol. The molecule has 5 heteroatoms. The van der Waals surface area contributed by atoms with E-state index in [1.165, 1.54) is 30.4 Å². The van der Waals surface area contributed by atoms with E-state index >= 15 is 0 Å². The number of hydrogen-bond acceptors (Lipinski definition) is 3. The zero-order valence-corrected chi connectivity index (χ0v) is 20.1. The zero-order chi connectivity index (χ0) is 23.2. The summed E-state index contributed by atoms with van der Waals surface area (Å²) in [5, 5.41) is 2.70. The minimum atomic E-state index is -0.803. The molecule has 0 spiro atoms. The van der Waals surface area contributed by atoms with E-state index in [2.05, 4.69) is 41.4 Å². The Kier molecular flexibility index (Phi) is 5.56. The van der Waals surface area contributed by atoms with Gasteiger partial charge >= 0.3 is 0 Å². The summed E-state index contributed by atoms with van der Waals surface area (Å²) in [6.45, 7) is 6.29. The summed E-state index contributed by atoms with van der Waals surface area (Å²) in [7, 11) is 1.63. The number of likely N-dealkylation sites (tertiary alicyclic amines) is 1. The van der Waals surface area contributed by atoms with Gasteiger partial charge in [-0.2, -0.15) is 0 Å². The lowest BCUT2D eigenvalue weighted by Gasteiger charge is -2.49. The monoisotopic (exact) mass is 445 g/mol. The van der Waals surface area contributed by atoms with Crippen molar-refractivity contribution in [1.29, 1.82) is 0 Å². The van der Waals surface area contributed by atoms with Crippen LogP contribution in [0.1, 0.15) is 62.6 Å². The van der Waals surface area contributed by atoms with E-state index in [1.54, 1.807) is 7.05 Å². The molecule has 0 saturated carbocycles. The quantitative estimate of drug-likeness (QED) is 0.770. The van der Waals surface area contributed by atoms with Crippen molar-refractivity contribution >= 4 is 17.5 Å². The average molecular weight is 446 g/mol. The van der Waals surface area contributed by atoms with Crippen LogP contribution in [0.2, 0.25) is 0 Å². The third-order valence-electron chi connectivity index (χ3n) is 8.48. The number of piperidine rings is 1. The van der Waals surface area contributed by atoms with Crippen molar-refractivity contribution in [2.75, 3.05) is 25.0 Å². The van der Waals surface area contributed by atoms with Gasteiger partial charge in [-0.15, -0.1) is 0 Å². The molecule has 3 aliphatic rings. The van der Waals surface area contributed by atoms with Crippen molar-refractivity contribution in [2.45, 2.75) is 69.4 Å². The first-order valence-corrected chi connectivity index (χ1v) is 12.4. The van der Waals surface area contributed by atoms with Gasteiger partial charge in [-0.25, -0.2) is 0 Å². The fourth-order valence-corrected chi connectivity index (χ4v) is 6.55. The first-order valence-electron chi connectivity index (χ1n) is 12.4. The van der Waals surface area contributed by atoms with Crippen LogP contribution in [0.3, 0.4) is 0 Å². The average Bonchev–Trinajstić information content (AvgIpc) is 3.06. The molecule has 33 heavy (non-hydrogen) atoms. The normalized spacial score (nSPS) is 27.8. The van der Waals surface area contributed by atoms with E-state index in [1.807, 2.05) is 36.1 Å². The topological polar surface area (TPSA) is 52.7 Å². The maximum atomic E-state index is 13.8. The highest BCUT2D eigenvalue weighted by molar-refractivity contribution is 6.10. The standard InChI is InChI=1S/C28H35N3O2/c1-27(19-25(32)29-3)23-12-6-7-13-24(23)31(26(27)33)21-14-17-30(18-15-21)28(2)16-8-10-20-9-4-5-11-22(20)28/h4-7,9,11-13,21H,8,10,14-19H2,1-3H3,(H,29,32). The number of carbonyl (C=O) groups excluding carboxylic acids is 2. The number of carbonyl (C=O) groups is 2. The Labute approximate surface area is 197 Å². The molecule has 0 aromatic heterocycles. The third kappa shape index (κ3) is 3.48. The van der Waals surface area contributed by atoms with Gasteiger partial charge in [0.1, 0.15) is 0 Å². The molecule has 1 fully saturated rings. The van der Waals surface area contributed by atoms with Crippen molar-refractivity contribution in [3.05, 3.63) is 65.2 Å². The number of nitrogens with zero attached hydrogens (tertiary/aromatic N) is 2. The molecule has 5 rings (SSSR count). The number of fused-ring (bicyclic) bond motifs is 2. The Hall–Kier alpha value is -2.66. The summed E-state index contributed by atoms with van der Waals surface area (Å²) in [5.41, 5.74) is 4.20. The molecular formula is C28H35N3O2. The van der Waals surface area contributed by atoms with Crippen LogP contribution in [0.15, 0.2) is 48.5 Å². The fraction of sp³-hybridized carbons (Fsp3) is 0.500. The molecule has 0 radical (unpaired) electrons. The van der Waals surface area contributed by atoms with Crippen molar-refractivity contribution in [1.82, 2.24) is 10.2 Å². The Morgan fingerprint density at radius 1 is 1.03 bits per heavy atom. The van der Waals surface area contributed by atoms with Crippen LogP contribution >= 0.6 is 0 Å². The largest absolute Gasteiger partial charge is 0.359 e. The minimum Gasteiger partial charge on any atom is -0.359 e. The van der Waals surface area contributed by atoms with Gasteiger partial charge in [0, 0.05) is 43.8 Å². The number of benzene rings is 2. The van der Waals surface area contributed by atoms with Gasteiger partial charge in [0.2, 0.25) is 11.8 Å². The highest BCUT2D eigenvalue weighted by Crippen LogP contribution is 2.47. The van der Waals surface area contributed by atoms with Gasteiger partial charge in [0.25, 0.3) is 0 Å². The molecule has 1 saturated heterocycles. The number of para-hydroxylation sites is 1. The van der Waals surface area contributed by atoms with E-state index in [0.717, 1.165) is 37.2 Å². The summed E-state index contributed by atoms with van der Waals surface area (Å²) < 4.78 is 0. The van der Waals surface area contributed by atoms with E-state index in [9.17, 15) is 9.59 Å². The number of hydrogen-bond donors (Lipinski definition) is 1. The van der Waals surface area contributed by atoms with Crippen molar-refractivity contribution in [2.24, 2.45) is 0 Å². The van der Waals surface area contributed by atoms with Gasteiger partial charge in [-0.1, -0.05) is 42.5 Å². The van der Waals surface area contributed by atoms with Crippen LogP contribution < -0.4 is 10.2 Å². The molecule has 5 nitrogen and oxygen atoms in total.